The van der Waals surface area contributed by atoms with Crippen molar-refractivity contribution in [3.63, 3.8) is 0 Å². The van der Waals surface area contributed by atoms with Gasteiger partial charge in [0, 0.05) is 25.7 Å². The highest BCUT2D eigenvalue weighted by Gasteiger charge is 2.33. The largest absolute Gasteiger partial charge is 0.493 e. The van der Waals surface area contributed by atoms with E-state index >= 15 is 0 Å². The van der Waals surface area contributed by atoms with Crippen molar-refractivity contribution in [2.45, 2.75) is 39.5 Å². The zero-order chi connectivity index (χ0) is 20.1. The first-order chi connectivity index (χ1) is 13.4. The molecule has 0 aliphatic carbocycles. The summed E-state index contributed by atoms with van der Waals surface area (Å²) in [5.41, 5.74) is 8.64. The molecule has 2 N–H and O–H groups in total. The Labute approximate surface area is 168 Å². The minimum atomic E-state index is 0.116. The second-order valence-corrected chi connectivity index (χ2v) is 8.20. The highest BCUT2D eigenvalue weighted by atomic mass is 16.5. The maximum atomic E-state index is 6.28. The van der Waals surface area contributed by atoms with E-state index < -0.39 is 0 Å². The van der Waals surface area contributed by atoms with Crippen LogP contribution in [0.4, 0.5) is 0 Å². The van der Waals surface area contributed by atoms with Crippen molar-refractivity contribution in [2.24, 2.45) is 11.1 Å². The summed E-state index contributed by atoms with van der Waals surface area (Å²) < 4.78 is 17.3. The van der Waals surface area contributed by atoms with Gasteiger partial charge < -0.3 is 19.9 Å². The van der Waals surface area contributed by atoms with Crippen LogP contribution in [-0.2, 0) is 13.2 Å². The van der Waals surface area contributed by atoms with E-state index in [0.717, 1.165) is 37.2 Å². The van der Waals surface area contributed by atoms with E-state index in [9.17, 15) is 0 Å². The molecule has 1 atom stereocenters. The third kappa shape index (κ3) is 4.78. The molecule has 0 bridgehead atoms. The lowest BCUT2D eigenvalue weighted by atomic mass is 9.79. The van der Waals surface area contributed by atoms with Crippen LogP contribution in [0.3, 0.4) is 0 Å². The Hall–Kier alpha value is -2.24. The van der Waals surface area contributed by atoms with Crippen molar-refractivity contribution in [1.29, 1.82) is 0 Å². The molecular formula is C23H32N2O3. The van der Waals surface area contributed by atoms with Gasteiger partial charge in [-0.05, 0) is 35.1 Å². The summed E-state index contributed by atoms with van der Waals surface area (Å²) in [6, 6.07) is 14.4. The van der Waals surface area contributed by atoms with E-state index in [0.29, 0.717) is 23.9 Å². The topological polar surface area (TPSA) is 57.0 Å². The van der Waals surface area contributed by atoms with Crippen molar-refractivity contribution in [1.82, 2.24) is 4.90 Å². The molecular weight excluding hydrogens is 352 g/mol. The second-order valence-electron chi connectivity index (χ2n) is 8.20. The molecule has 0 saturated carbocycles. The quantitative estimate of drug-likeness (QED) is 0.786. The van der Waals surface area contributed by atoms with Gasteiger partial charge in [0.2, 0.25) is 5.75 Å². The van der Waals surface area contributed by atoms with E-state index in [1.807, 2.05) is 42.5 Å². The van der Waals surface area contributed by atoms with Crippen molar-refractivity contribution < 1.29 is 14.2 Å². The highest BCUT2D eigenvalue weighted by molar-refractivity contribution is 5.54. The molecule has 28 heavy (non-hydrogen) atoms. The fraction of sp³-hybridized carbons (Fsp3) is 0.478. The molecule has 2 aromatic rings. The van der Waals surface area contributed by atoms with Gasteiger partial charge in [-0.2, -0.15) is 0 Å². The highest BCUT2D eigenvalue weighted by Crippen LogP contribution is 2.40. The minimum absolute atomic E-state index is 0.116. The molecule has 5 heteroatoms. The summed E-state index contributed by atoms with van der Waals surface area (Å²) >= 11 is 0. The van der Waals surface area contributed by atoms with Crippen molar-refractivity contribution in [3.8, 4) is 17.2 Å². The predicted octanol–water partition coefficient (Wildman–Crippen LogP) is 3.84. The molecule has 0 radical (unpaired) electrons. The van der Waals surface area contributed by atoms with Gasteiger partial charge in [-0.25, -0.2) is 0 Å². The average Bonchev–Trinajstić information content (AvgIpc) is 2.69. The Bertz CT molecular complexity index is 752. The molecule has 0 spiro atoms. The molecule has 5 nitrogen and oxygen atoms in total. The summed E-state index contributed by atoms with van der Waals surface area (Å²) in [6.07, 6.45) is 1.01. The van der Waals surface area contributed by atoms with Crippen LogP contribution in [0.1, 0.15) is 31.4 Å². The Balaban J connectivity index is 1.77. The number of rotatable bonds is 7. The minimum Gasteiger partial charge on any atom is -0.493 e. The van der Waals surface area contributed by atoms with E-state index in [-0.39, 0.29) is 11.5 Å². The normalized spacial score (nSPS) is 19.2. The van der Waals surface area contributed by atoms with Gasteiger partial charge in [-0.15, -0.1) is 0 Å². The number of nitrogens with two attached hydrogens (primary N) is 1. The zero-order valence-corrected chi connectivity index (χ0v) is 17.4. The lowest BCUT2D eigenvalue weighted by Gasteiger charge is -2.42. The first-order valence-electron chi connectivity index (χ1n) is 9.82. The standard InChI is InChI=1S/C23H32N2O3/c1-23(2)16-25(11-10-21(23)24)14-18-12-19(26-3)22(20(13-18)27-4)28-15-17-8-6-5-7-9-17/h5-9,12-13,21H,10-11,14-16,24H2,1-4H3. The first-order valence-corrected chi connectivity index (χ1v) is 9.82. The third-order valence-corrected chi connectivity index (χ3v) is 5.54. The van der Waals surface area contributed by atoms with E-state index in [2.05, 4.69) is 18.7 Å². The van der Waals surface area contributed by atoms with Crippen molar-refractivity contribution >= 4 is 0 Å². The third-order valence-electron chi connectivity index (χ3n) is 5.54. The van der Waals surface area contributed by atoms with Gasteiger partial charge in [0.1, 0.15) is 6.61 Å². The number of nitrogens with zero attached hydrogens (tertiary/aromatic N) is 1. The van der Waals surface area contributed by atoms with Crippen molar-refractivity contribution in [3.05, 3.63) is 53.6 Å². The zero-order valence-electron chi connectivity index (χ0n) is 17.4. The summed E-state index contributed by atoms with van der Waals surface area (Å²) in [7, 11) is 3.33. The molecule has 152 valence electrons. The molecule has 1 aliphatic rings. The number of benzene rings is 2. The molecule has 2 aromatic carbocycles. The SMILES string of the molecule is COc1cc(CN2CCC(N)C(C)(C)C2)cc(OC)c1OCc1ccccc1. The molecule has 0 amide bonds. The second kappa shape index (κ2) is 8.84. The van der Waals surface area contributed by atoms with E-state index in [4.69, 9.17) is 19.9 Å². The maximum absolute atomic E-state index is 6.28. The summed E-state index contributed by atoms with van der Waals surface area (Å²) in [6.45, 7) is 7.76. The summed E-state index contributed by atoms with van der Waals surface area (Å²) in [4.78, 5) is 2.45. The fourth-order valence-corrected chi connectivity index (χ4v) is 3.78. The number of hydrogen-bond acceptors (Lipinski definition) is 5. The number of ether oxygens (including phenoxy) is 3. The van der Waals surface area contributed by atoms with Gasteiger partial charge in [-0.1, -0.05) is 44.2 Å². The number of likely N-dealkylation sites (tertiary alicyclic amines) is 1. The average molecular weight is 385 g/mol. The van der Waals surface area contributed by atoms with Crippen LogP contribution in [-0.4, -0.2) is 38.3 Å². The van der Waals surface area contributed by atoms with Crippen LogP contribution >= 0.6 is 0 Å². The molecule has 1 fully saturated rings. The smallest absolute Gasteiger partial charge is 0.203 e. The van der Waals surface area contributed by atoms with Crippen LogP contribution in [0.25, 0.3) is 0 Å². The summed E-state index contributed by atoms with van der Waals surface area (Å²) in [5, 5.41) is 0. The van der Waals surface area contributed by atoms with E-state index in [1.54, 1.807) is 14.2 Å². The first kappa shape index (κ1) is 20.5. The van der Waals surface area contributed by atoms with Crippen molar-refractivity contribution in [2.75, 3.05) is 27.3 Å². The molecule has 0 aromatic heterocycles. The molecule has 1 unspecified atom stereocenters. The Morgan fingerprint density at radius 2 is 1.68 bits per heavy atom. The van der Waals surface area contributed by atoms with Gasteiger partial charge in [0.15, 0.2) is 11.5 Å². The van der Waals surface area contributed by atoms with Crippen LogP contribution < -0.4 is 19.9 Å². The fourth-order valence-electron chi connectivity index (χ4n) is 3.78. The Morgan fingerprint density at radius 1 is 1.04 bits per heavy atom. The lowest BCUT2D eigenvalue weighted by molar-refractivity contribution is 0.0897. The molecule has 1 aliphatic heterocycles. The van der Waals surface area contributed by atoms with Crippen LogP contribution in [0.5, 0.6) is 17.2 Å². The van der Waals surface area contributed by atoms with Gasteiger partial charge in [0.05, 0.1) is 14.2 Å². The Kier molecular flexibility index (Phi) is 6.47. The van der Waals surface area contributed by atoms with Crippen LogP contribution in [0.15, 0.2) is 42.5 Å². The maximum Gasteiger partial charge on any atom is 0.203 e. The van der Waals surface area contributed by atoms with Gasteiger partial charge >= 0.3 is 0 Å². The summed E-state index contributed by atoms with van der Waals surface area (Å²) in [5.74, 6) is 2.02. The van der Waals surface area contributed by atoms with Gasteiger partial charge in [0.25, 0.3) is 0 Å². The number of hydrogen-bond donors (Lipinski definition) is 1. The van der Waals surface area contributed by atoms with Gasteiger partial charge in [-0.3, -0.25) is 4.90 Å². The lowest BCUT2D eigenvalue weighted by Crippen LogP contribution is -2.52. The van der Waals surface area contributed by atoms with E-state index in [1.165, 1.54) is 0 Å². The monoisotopic (exact) mass is 384 g/mol. The molecule has 1 saturated heterocycles. The Morgan fingerprint density at radius 3 is 2.25 bits per heavy atom. The van der Waals surface area contributed by atoms with Crippen LogP contribution in [0.2, 0.25) is 0 Å². The number of methoxy groups -OCH3 is 2. The number of piperidine rings is 1. The van der Waals surface area contributed by atoms with Crippen LogP contribution in [0, 0.1) is 5.41 Å². The predicted molar refractivity (Wildman–Crippen MR) is 112 cm³/mol. The molecule has 3 rings (SSSR count). The molecule has 1 heterocycles.